The van der Waals surface area contributed by atoms with Crippen molar-refractivity contribution >= 4 is 19.8 Å². The number of ether oxygens (including phenoxy) is 2. The molecule has 0 heterocycles. The van der Waals surface area contributed by atoms with E-state index in [4.69, 9.17) is 18.5 Å². The van der Waals surface area contributed by atoms with Crippen LogP contribution in [0.15, 0.2) is 36.5 Å². The van der Waals surface area contributed by atoms with Crippen molar-refractivity contribution in [3.05, 3.63) is 36.5 Å². The molecule has 0 aromatic carbocycles. The summed E-state index contributed by atoms with van der Waals surface area (Å²) in [4.78, 5) is 37.9. The molecule has 0 rings (SSSR count). The first kappa shape index (κ1) is 77.2. The zero-order valence-electron chi connectivity index (χ0n) is 53.1. The molecule has 10 heteroatoms. The van der Waals surface area contributed by atoms with Crippen molar-refractivity contribution in [1.82, 2.24) is 0 Å². The van der Waals surface area contributed by atoms with E-state index in [1.807, 2.05) is 21.1 Å². The summed E-state index contributed by atoms with van der Waals surface area (Å²) in [5.74, 6) is -0.827. The monoisotopic (exact) mass is 1130 g/mol. The highest BCUT2D eigenvalue weighted by Crippen LogP contribution is 2.38. The van der Waals surface area contributed by atoms with E-state index in [0.717, 1.165) is 57.8 Å². The number of nitrogens with zero attached hydrogens (tertiary/aromatic N) is 1. The fraction of sp³-hybridized carbons (Fsp3) is 0.884. The van der Waals surface area contributed by atoms with Gasteiger partial charge in [-0.05, 0) is 70.6 Å². The molecule has 2 atom stereocenters. The van der Waals surface area contributed by atoms with Gasteiger partial charge in [0.25, 0.3) is 7.82 Å². The molecule has 9 nitrogen and oxygen atoms in total. The lowest BCUT2D eigenvalue weighted by atomic mass is 10.0. The van der Waals surface area contributed by atoms with Crippen LogP contribution in [0.3, 0.4) is 0 Å². The largest absolute Gasteiger partial charge is 0.756 e. The number of carbonyl (C=O) groups excluding carboxylic acids is 2. The average molecular weight is 1130 g/mol. The Hall–Kier alpha value is -1.77. The van der Waals surface area contributed by atoms with Crippen LogP contribution in [-0.4, -0.2) is 70.0 Å². The highest BCUT2D eigenvalue weighted by atomic mass is 31.2. The Balaban J connectivity index is 3.83. The first-order valence-corrected chi connectivity index (χ1v) is 35.7. The van der Waals surface area contributed by atoms with Crippen molar-refractivity contribution in [3.63, 3.8) is 0 Å². The second-order valence-corrected chi connectivity index (χ2v) is 25.9. The van der Waals surface area contributed by atoms with Gasteiger partial charge in [0.1, 0.15) is 19.8 Å². The third-order valence-corrected chi connectivity index (χ3v) is 16.3. The van der Waals surface area contributed by atoms with Crippen LogP contribution in [0.25, 0.3) is 0 Å². The number of phosphoric acid groups is 1. The van der Waals surface area contributed by atoms with Gasteiger partial charge in [0.15, 0.2) is 6.10 Å². The van der Waals surface area contributed by atoms with E-state index in [2.05, 4.69) is 50.3 Å². The minimum Gasteiger partial charge on any atom is -0.756 e. The normalized spacial score (nSPS) is 13.3. The number of carbonyl (C=O) groups is 2. The van der Waals surface area contributed by atoms with Gasteiger partial charge in [0, 0.05) is 12.8 Å². The Bertz CT molecular complexity index is 1430. The van der Waals surface area contributed by atoms with Gasteiger partial charge in [0.05, 0.1) is 27.7 Å². The summed E-state index contributed by atoms with van der Waals surface area (Å²) in [5, 5.41) is 0. The summed E-state index contributed by atoms with van der Waals surface area (Å²) in [5.41, 5.74) is 0. The van der Waals surface area contributed by atoms with Crippen LogP contribution in [0.5, 0.6) is 0 Å². The van der Waals surface area contributed by atoms with Crippen molar-refractivity contribution in [3.8, 4) is 0 Å². The highest BCUT2D eigenvalue weighted by Gasteiger charge is 2.22. The number of esters is 2. The number of hydrogen-bond donors (Lipinski definition) is 0. The standard InChI is InChI=1S/C69H132NO8P/c1-6-8-10-12-14-16-18-20-22-23-24-25-26-27-28-29-30-31-32-33-34-35-36-37-38-39-40-41-42-43-44-45-46-47-48-50-52-54-56-58-60-62-69(72)78-67(66-77-79(73,74)76-64-63-70(3,4)5)65-75-68(71)61-59-57-55-53-51-49-21-19-17-15-13-11-9-7-2/h18-21,23-24,67H,6-17,22,25-66H2,1-5H3/b20-18-,21-19-,24-23-. The molecule has 2 unspecified atom stereocenters. The molecule has 0 bridgehead atoms. The number of quaternary nitrogens is 1. The summed E-state index contributed by atoms with van der Waals surface area (Å²) in [6, 6.07) is 0. The zero-order valence-corrected chi connectivity index (χ0v) is 54.0. The Kier molecular flexibility index (Phi) is 59.4. The summed E-state index contributed by atoms with van der Waals surface area (Å²) >= 11 is 0. The molecule has 466 valence electrons. The molecule has 0 saturated heterocycles. The number of hydrogen-bond acceptors (Lipinski definition) is 8. The lowest BCUT2D eigenvalue weighted by molar-refractivity contribution is -0.870. The number of likely N-dealkylation sites (N-methyl/N-ethyl adjacent to an activating group) is 1. The Morgan fingerprint density at radius 1 is 0.392 bits per heavy atom. The van der Waals surface area contributed by atoms with Crippen molar-refractivity contribution in [2.75, 3.05) is 47.5 Å². The van der Waals surface area contributed by atoms with Crippen LogP contribution in [0, 0.1) is 0 Å². The fourth-order valence-corrected chi connectivity index (χ4v) is 10.8. The van der Waals surface area contributed by atoms with Crippen LogP contribution in [-0.2, 0) is 32.7 Å². The number of rotatable bonds is 64. The van der Waals surface area contributed by atoms with Crippen molar-refractivity contribution in [1.29, 1.82) is 0 Å². The quantitative estimate of drug-likeness (QED) is 0.0195. The first-order valence-electron chi connectivity index (χ1n) is 34.2. The van der Waals surface area contributed by atoms with E-state index in [1.54, 1.807) is 0 Å². The van der Waals surface area contributed by atoms with Crippen molar-refractivity contribution in [2.45, 2.75) is 347 Å². The van der Waals surface area contributed by atoms with Crippen LogP contribution >= 0.6 is 7.82 Å². The summed E-state index contributed by atoms with van der Waals surface area (Å²) in [6.07, 6.45) is 76.8. The molecule has 0 aromatic heterocycles. The summed E-state index contributed by atoms with van der Waals surface area (Å²) < 4.78 is 34.2. The molecule has 0 N–H and O–H groups in total. The average Bonchev–Trinajstić information content (AvgIpc) is 3.41. The lowest BCUT2D eigenvalue weighted by Gasteiger charge is -2.28. The molecular weight excluding hydrogens is 1000 g/mol. The molecule has 0 aromatic rings. The molecule has 0 aliphatic rings. The van der Waals surface area contributed by atoms with Crippen molar-refractivity contribution < 1.29 is 42.1 Å². The van der Waals surface area contributed by atoms with Gasteiger partial charge in [-0.15, -0.1) is 0 Å². The molecule has 0 spiro atoms. The zero-order chi connectivity index (χ0) is 57.7. The number of allylic oxidation sites excluding steroid dienone is 6. The maximum atomic E-state index is 12.8. The van der Waals surface area contributed by atoms with E-state index in [1.165, 1.54) is 250 Å². The molecule has 0 aliphatic carbocycles. The van der Waals surface area contributed by atoms with Crippen molar-refractivity contribution in [2.24, 2.45) is 0 Å². The Morgan fingerprint density at radius 2 is 0.684 bits per heavy atom. The fourth-order valence-electron chi connectivity index (χ4n) is 10.1. The van der Waals surface area contributed by atoms with Crippen LogP contribution < -0.4 is 4.89 Å². The molecule has 0 radical (unpaired) electrons. The van der Waals surface area contributed by atoms with E-state index >= 15 is 0 Å². The number of unbranched alkanes of at least 4 members (excludes halogenated alkanes) is 44. The second-order valence-electron chi connectivity index (χ2n) is 24.5. The van der Waals surface area contributed by atoms with Gasteiger partial charge in [0.2, 0.25) is 0 Å². The smallest absolute Gasteiger partial charge is 0.306 e. The van der Waals surface area contributed by atoms with E-state index in [0.29, 0.717) is 17.4 Å². The molecule has 0 saturated carbocycles. The molecular formula is C69H132NO8P. The van der Waals surface area contributed by atoms with Crippen LogP contribution in [0.1, 0.15) is 341 Å². The topological polar surface area (TPSA) is 111 Å². The Labute approximate surface area is 491 Å². The predicted molar refractivity (Wildman–Crippen MR) is 337 cm³/mol. The summed E-state index contributed by atoms with van der Waals surface area (Å²) in [6.45, 7) is 4.25. The van der Waals surface area contributed by atoms with Gasteiger partial charge < -0.3 is 27.9 Å². The van der Waals surface area contributed by atoms with Gasteiger partial charge in [-0.1, -0.05) is 294 Å². The maximum absolute atomic E-state index is 12.8. The molecule has 0 aliphatic heterocycles. The maximum Gasteiger partial charge on any atom is 0.306 e. The molecule has 0 fully saturated rings. The van der Waals surface area contributed by atoms with Gasteiger partial charge >= 0.3 is 11.9 Å². The minimum atomic E-state index is -4.63. The van der Waals surface area contributed by atoms with Gasteiger partial charge in [-0.3, -0.25) is 14.2 Å². The van der Waals surface area contributed by atoms with E-state index < -0.39 is 26.5 Å². The SMILES string of the molecule is CCCCCCC/C=C\C/C=C\CCCCCCCCCCCCCCCCCCCCCCCCCCCCCCCC(=O)OC(COC(=O)CCCCCCC/C=C\CCCCCCC)COP(=O)([O-])OCC[N+](C)(C)C. The summed E-state index contributed by atoms with van der Waals surface area (Å²) in [7, 11) is 1.18. The first-order chi connectivity index (χ1) is 38.5. The molecule has 0 amide bonds. The van der Waals surface area contributed by atoms with Crippen LogP contribution in [0.4, 0.5) is 0 Å². The van der Waals surface area contributed by atoms with E-state index in [-0.39, 0.29) is 32.0 Å². The van der Waals surface area contributed by atoms with E-state index in [9.17, 15) is 19.0 Å². The predicted octanol–water partition coefficient (Wildman–Crippen LogP) is 21.3. The third kappa shape index (κ3) is 65.3. The minimum absolute atomic E-state index is 0.0295. The number of phosphoric ester groups is 1. The second kappa shape index (κ2) is 60.8. The lowest BCUT2D eigenvalue weighted by Crippen LogP contribution is -2.37. The highest BCUT2D eigenvalue weighted by molar-refractivity contribution is 7.45. The third-order valence-electron chi connectivity index (χ3n) is 15.4. The van der Waals surface area contributed by atoms with Crippen LogP contribution in [0.2, 0.25) is 0 Å². The molecule has 79 heavy (non-hydrogen) atoms. The van der Waals surface area contributed by atoms with Gasteiger partial charge in [-0.25, -0.2) is 0 Å². The Morgan fingerprint density at radius 3 is 1.01 bits per heavy atom. The van der Waals surface area contributed by atoms with Gasteiger partial charge in [-0.2, -0.15) is 0 Å².